The average Bonchev–Trinajstić information content (AvgIpc) is 3.40. The molecule has 152 valence electrons. The zero-order valence-corrected chi connectivity index (χ0v) is 18.1. The normalized spacial score (nSPS) is 12.0. The number of carbonyl (C=O) groups excluding carboxylic acids is 1. The quantitative estimate of drug-likeness (QED) is 0.452. The highest BCUT2D eigenvalue weighted by Gasteiger charge is 2.20. The monoisotopic (exact) mass is 465 g/mol. The molecule has 8 heteroatoms. The van der Waals surface area contributed by atoms with E-state index in [2.05, 4.69) is 43.4 Å². The van der Waals surface area contributed by atoms with Crippen LogP contribution in [0.2, 0.25) is 0 Å². The minimum atomic E-state index is -0.394. The molecule has 0 radical (unpaired) electrons. The first-order valence-corrected chi connectivity index (χ1v) is 10.3. The predicted octanol–water partition coefficient (Wildman–Crippen LogP) is 4.53. The zero-order chi connectivity index (χ0) is 21.1. The second-order valence-corrected chi connectivity index (χ2v) is 7.91. The predicted molar refractivity (Wildman–Crippen MR) is 116 cm³/mol. The molecule has 0 saturated carbocycles. The summed E-state index contributed by atoms with van der Waals surface area (Å²) in [7, 11) is 0. The number of halogens is 1. The third-order valence-corrected chi connectivity index (χ3v) is 5.32. The maximum atomic E-state index is 12.4. The number of nitrogens with zero attached hydrogens (tertiary/aromatic N) is 4. The van der Waals surface area contributed by atoms with Crippen molar-refractivity contribution in [1.29, 1.82) is 0 Å². The lowest BCUT2D eigenvalue weighted by Crippen LogP contribution is -2.27. The van der Waals surface area contributed by atoms with Crippen molar-refractivity contribution in [3.63, 3.8) is 0 Å². The largest absolute Gasteiger partial charge is 0.347 e. The molecule has 0 bridgehead atoms. The molecule has 0 unspecified atom stereocenters. The molecule has 0 aliphatic heterocycles. The molecule has 0 spiro atoms. The van der Waals surface area contributed by atoms with Gasteiger partial charge in [0, 0.05) is 17.2 Å². The number of aryl methyl sites for hydroxylation is 1. The summed E-state index contributed by atoms with van der Waals surface area (Å²) in [6, 6.07) is 17.8. The Morgan fingerprint density at radius 3 is 2.63 bits per heavy atom. The first-order chi connectivity index (χ1) is 14.5. The molecular formula is C22H20BrN5O2. The van der Waals surface area contributed by atoms with Gasteiger partial charge in [-0.15, -0.1) is 0 Å². The van der Waals surface area contributed by atoms with Gasteiger partial charge in [0.1, 0.15) is 0 Å². The van der Waals surface area contributed by atoms with Crippen LogP contribution in [-0.4, -0.2) is 32.4 Å². The van der Waals surface area contributed by atoms with Gasteiger partial charge in [0.2, 0.25) is 5.82 Å². The van der Waals surface area contributed by atoms with E-state index in [1.54, 1.807) is 4.68 Å². The molecule has 2 aromatic heterocycles. The van der Waals surface area contributed by atoms with Crippen LogP contribution in [0.5, 0.6) is 0 Å². The van der Waals surface area contributed by atoms with E-state index >= 15 is 0 Å². The summed E-state index contributed by atoms with van der Waals surface area (Å²) >= 11 is 3.43. The van der Waals surface area contributed by atoms with Crippen LogP contribution in [0.25, 0.3) is 17.1 Å². The van der Waals surface area contributed by atoms with Crippen LogP contribution in [0.4, 0.5) is 0 Å². The molecule has 4 aromatic rings. The van der Waals surface area contributed by atoms with E-state index in [9.17, 15) is 4.79 Å². The molecule has 0 saturated heterocycles. The summed E-state index contributed by atoms with van der Waals surface area (Å²) in [6.45, 7) is 4.39. The Kier molecular flexibility index (Phi) is 5.76. The average molecular weight is 466 g/mol. The van der Waals surface area contributed by atoms with Crippen molar-refractivity contribution in [2.75, 3.05) is 6.54 Å². The highest BCUT2D eigenvalue weighted by molar-refractivity contribution is 9.10. The fourth-order valence-corrected chi connectivity index (χ4v) is 3.32. The van der Waals surface area contributed by atoms with E-state index in [4.69, 9.17) is 4.52 Å². The third kappa shape index (κ3) is 4.33. The molecule has 2 aromatic carbocycles. The number of hydrogen-bond donors (Lipinski definition) is 1. The van der Waals surface area contributed by atoms with Crippen molar-refractivity contribution in [3.05, 3.63) is 82.4 Å². The van der Waals surface area contributed by atoms with Crippen molar-refractivity contribution >= 4 is 21.8 Å². The molecule has 4 rings (SSSR count). The Balaban J connectivity index is 1.46. The van der Waals surface area contributed by atoms with Crippen LogP contribution in [0.1, 0.15) is 34.8 Å². The Bertz CT molecular complexity index is 1150. The maximum absolute atomic E-state index is 12.4. The maximum Gasteiger partial charge on any atom is 0.316 e. The molecule has 0 fully saturated rings. The van der Waals surface area contributed by atoms with Gasteiger partial charge in [-0.25, -0.2) is 4.68 Å². The minimum absolute atomic E-state index is 0.0685. The molecule has 0 aliphatic carbocycles. The van der Waals surface area contributed by atoms with Crippen molar-refractivity contribution in [1.82, 2.24) is 25.2 Å². The number of amides is 1. The van der Waals surface area contributed by atoms with Gasteiger partial charge < -0.3 is 9.84 Å². The SMILES string of the molecule is Cc1nn(-c2ccc(Br)cc2)cc1-c1noc(C(=O)NC[C@@H](C)c2ccccc2)n1. The van der Waals surface area contributed by atoms with Gasteiger partial charge in [0.25, 0.3) is 0 Å². The molecule has 0 aliphatic rings. The summed E-state index contributed by atoms with van der Waals surface area (Å²) in [5, 5.41) is 11.3. The number of benzene rings is 2. The number of carbonyl (C=O) groups is 1. The minimum Gasteiger partial charge on any atom is -0.347 e. The fraction of sp³-hybridized carbons (Fsp3) is 0.182. The van der Waals surface area contributed by atoms with Gasteiger partial charge in [-0.05, 0) is 42.7 Å². The highest BCUT2D eigenvalue weighted by atomic mass is 79.9. The van der Waals surface area contributed by atoms with Crippen LogP contribution in [0.3, 0.4) is 0 Å². The number of nitrogens with one attached hydrogen (secondary N) is 1. The lowest BCUT2D eigenvalue weighted by Gasteiger charge is -2.11. The second-order valence-electron chi connectivity index (χ2n) is 6.99. The topological polar surface area (TPSA) is 85.8 Å². The van der Waals surface area contributed by atoms with Crippen molar-refractivity contribution in [3.8, 4) is 17.1 Å². The molecule has 1 atom stereocenters. The molecule has 1 N–H and O–H groups in total. The van der Waals surface area contributed by atoms with Gasteiger partial charge >= 0.3 is 11.8 Å². The van der Waals surface area contributed by atoms with Crippen molar-refractivity contribution < 1.29 is 9.32 Å². The fourth-order valence-electron chi connectivity index (χ4n) is 3.05. The van der Waals surface area contributed by atoms with E-state index in [1.807, 2.05) is 67.7 Å². The summed E-state index contributed by atoms with van der Waals surface area (Å²) < 4.78 is 7.92. The first kappa shape index (κ1) is 20.0. The van der Waals surface area contributed by atoms with Crippen molar-refractivity contribution in [2.45, 2.75) is 19.8 Å². The Morgan fingerprint density at radius 1 is 1.17 bits per heavy atom. The third-order valence-electron chi connectivity index (χ3n) is 4.79. The molecule has 1 amide bonds. The van der Waals surface area contributed by atoms with Gasteiger partial charge in [-0.1, -0.05) is 58.3 Å². The van der Waals surface area contributed by atoms with Gasteiger partial charge in [0.15, 0.2) is 0 Å². The Hall–Kier alpha value is -3.26. The summed E-state index contributed by atoms with van der Waals surface area (Å²) in [5.41, 5.74) is 3.51. The lowest BCUT2D eigenvalue weighted by molar-refractivity contribution is 0.0908. The van der Waals surface area contributed by atoms with Crippen LogP contribution < -0.4 is 5.32 Å². The second kappa shape index (κ2) is 8.62. The van der Waals surface area contributed by atoms with E-state index in [1.165, 1.54) is 0 Å². The smallest absolute Gasteiger partial charge is 0.316 e. The van der Waals surface area contributed by atoms with E-state index in [-0.39, 0.29) is 11.8 Å². The molecule has 7 nitrogen and oxygen atoms in total. The highest BCUT2D eigenvalue weighted by Crippen LogP contribution is 2.22. The van der Waals surface area contributed by atoms with Gasteiger partial charge in [-0.3, -0.25) is 4.79 Å². The summed E-state index contributed by atoms with van der Waals surface area (Å²) in [4.78, 5) is 16.7. The number of hydrogen-bond acceptors (Lipinski definition) is 5. The Labute approximate surface area is 182 Å². The zero-order valence-electron chi connectivity index (χ0n) is 16.5. The van der Waals surface area contributed by atoms with E-state index in [0.717, 1.165) is 21.4 Å². The first-order valence-electron chi connectivity index (χ1n) is 9.50. The van der Waals surface area contributed by atoms with Crippen LogP contribution >= 0.6 is 15.9 Å². The summed E-state index contributed by atoms with van der Waals surface area (Å²) in [5.74, 6) is 0.0385. The van der Waals surface area contributed by atoms with Gasteiger partial charge in [-0.2, -0.15) is 10.1 Å². The van der Waals surface area contributed by atoms with E-state index < -0.39 is 5.91 Å². The summed E-state index contributed by atoms with van der Waals surface area (Å²) in [6.07, 6.45) is 1.82. The van der Waals surface area contributed by atoms with E-state index in [0.29, 0.717) is 17.9 Å². The molecule has 2 heterocycles. The van der Waals surface area contributed by atoms with Crippen LogP contribution in [0.15, 0.2) is 69.8 Å². The number of rotatable bonds is 6. The Morgan fingerprint density at radius 2 is 1.90 bits per heavy atom. The molecular weight excluding hydrogens is 446 g/mol. The standard InChI is InChI=1S/C22H20BrN5O2/c1-14(16-6-4-3-5-7-16)12-24-21(29)22-25-20(27-30-22)19-13-28(26-15(19)2)18-10-8-17(23)9-11-18/h3-11,13-14H,12H2,1-2H3,(H,24,29)/t14-/m1/s1. The van der Waals surface area contributed by atoms with Crippen LogP contribution in [0, 0.1) is 6.92 Å². The lowest BCUT2D eigenvalue weighted by atomic mass is 10.0. The number of aromatic nitrogens is 4. The van der Waals surface area contributed by atoms with Crippen molar-refractivity contribution in [2.24, 2.45) is 0 Å². The van der Waals surface area contributed by atoms with Gasteiger partial charge in [0.05, 0.1) is 16.9 Å². The molecule has 30 heavy (non-hydrogen) atoms. The van der Waals surface area contributed by atoms with Crippen LogP contribution in [-0.2, 0) is 0 Å².